The molecule has 40 heavy (non-hydrogen) atoms. The first kappa shape index (κ1) is 27.6. The maximum Gasteiger partial charge on any atom is 0.244 e. The Morgan fingerprint density at radius 1 is 0.850 bits per heavy atom. The van der Waals surface area contributed by atoms with Crippen LogP contribution < -0.4 is 10.3 Å². The molecule has 5 rings (SSSR count). The molecular weight excluding hydrogens is 500 g/mol. The van der Waals surface area contributed by atoms with Crippen molar-refractivity contribution in [2.24, 2.45) is 16.9 Å². The second kappa shape index (κ2) is 12.9. The van der Waals surface area contributed by atoms with Gasteiger partial charge >= 0.3 is 0 Å². The topological polar surface area (TPSA) is 74.2 Å². The molecule has 2 unspecified atom stereocenters. The van der Waals surface area contributed by atoms with Gasteiger partial charge in [-0.05, 0) is 42.7 Å². The fourth-order valence-electron chi connectivity index (χ4n) is 6.16. The summed E-state index contributed by atoms with van der Waals surface area (Å²) in [6, 6.07) is 28.0. The number of carbonyl (C=O) groups excluding carboxylic acids is 2. The van der Waals surface area contributed by atoms with E-state index in [0.717, 1.165) is 35.5 Å². The number of hydrogen-bond acceptors (Lipinski definition) is 5. The van der Waals surface area contributed by atoms with Gasteiger partial charge in [-0.1, -0.05) is 72.8 Å². The summed E-state index contributed by atoms with van der Waals surface area (Å²) in [5, 5.41) is 4.33. The standard InChI is InChI=1S/C33H38N4O3/c1-3-36(4-2)27-17-15-24(16-18-27)23-34-35-32(38)30-28(25-11-7-5-8-12-25)31(29(30)26-13-9-6-10-14-26)33(39)37-19-21-40-22-20-37/h5-18,23,28-31H,3-4,19-22H2,1-2H3,(H,35,38)/b34-23+. The van der Waals surface area contributed by atoms with Crippen LogP contribution in [0.4, 0.5) is 5.69 Å². The van der Waals surface area contributed by atoms with E-state index in [1.165, 1.54) is 0 Å². The number of hydrogen-bond donors (Lipinski definition) is 1. The summed E-state index contributed by atoms with van der Waals surface area (Å²) in [6.45, 7) is 8.40. The van der Waals surface area contributed by atoms with Crippen LogP contribution in [0.25, 0.3) is 0 Å². The lowest BCUT2D eigenvalue weighted by atomic mass is 9.51. The average molecular weight is 539 g/mol. The number of nitrogens with zero attached hydrogens (tertiary/aromatic N) is 3. The van der Waals surface area contributed by atoms with Crippen molar-refractivity contribution in [3.8, 4) is 0 Å². The van der Waals surface area contributed by atoms with E-state index in [0.29, 0.717) is 26.3 Å². The summed E-state index contributed by atoms with van der Waals surface area (Å²) in [5.74, 6) is -1.34. The van der Waals surface area contributed by atoms with E-state index in [1.54, 1.807) is 6.21 Å². The lowest BCUT2D eigenvalue weighted by molar-refractivity contribution is -0.151. The second-order valence-corrected chi connectivity index (χ2v) is 10.4. The third-order valence-electron chi connectivity index (χ3n) is 8.24. The summed E-state index contributed by atoms with van der Waals surface area (Å²) in [4.78, 5) is 31.9. The Morgan fingerprint density at radius 3 is 1.93 bits per heavy atom. The fraction of sp³-hybridized carbons (Fsp3) is 0.364. The molecule has 0 aromatic heterocycles. The van der Waals surface area contributed by atoms with Gasteiger partial charge in [-0.2, -0.15) is 5.10 Å². The summed E-state index contributed by atoms with van der Waals surface area (Å²) >= 11 is 0. The van der Waals surface area contributed by atoms with E-state index in [4.69, 9.17) is 4.74 Å². The van der Waals surface area contributed by atoms with Crippen LogP contribution in [0.3, 0.4) is 0 Å². The highest BCUT2D eigenvalue weighted by molar-refractivity contribution is 5.91. The summed E-state index contributed by atoms with van der Waals surface area (Å²) in [5.41, 5.74) is 6.87. The van der Waals surface area contributed by atoms with E-state index in [2.05, 4.69) is 41.4 Å². The SMILES string of the molecule is CCN(CC)c1ccc(/C=N/NC(=O)C2C(c3ccccc3)C(C(=O)N3CCOCC3)C2c2ccccc2)cc1. The molecule has 0 radical (unpaired) electrons. The fourth-order valence-corrected chi connectivity index (χ4v) is 6.16. The minimum Gasteiger partial charge on any atom is -0.378 e. The van der Waals surface area contributed by atoms with Gasteiger partial charge in [-0.15, -0.1) is 0 Å². The molecule has 2 atom stereocenters. The van der Waals surface area contributed by atoms with E-state index in [9.17, 15) is 9.59 Å². The molecular formula is C33H38N4O3. The zero-order valence-corrected chi connectivity index (χ0v) is 23.3. The molecule has 7 nitrogen and oxygen atoms in total. The summed E-state index contributed by atoms with van der Waals surface area (Å²) < 4.78 is 5.50. The highest BCUT2D eigenvalue weighted by Crippen LogP contribution is 2.58. The molecule has 0 spiro atoms. The van der Waals surface area contributed by atoms with Crippen molar-refractivity contribution < 1.29 is 14.3 Å². The monoisotopic (exact) mass is 538 g/mol. The molecule has 1 N–H and O–H groups in total. The predicted octanol–water partition coefficient (Wildman–Crippen LogP) is 4.66. The van der Waals surface area contributed by atoms with Crippen LogP contribution in [0.15, 0.2) is 90.0 Å². The van der Waals surface area contributed by atoms with Crippen molar-refractivity contribution in [1.82, 2.24) is 10.3 Å². The van der Waals surface area contributed by atoms with Gasteiger partial charge in [-0.25, -0.2) is 5.43 Å². The van der Waals surface area contributed by atoms with Crippen molar-refractivity contribution in [2.45, 2.75) is 25.7 Å². The van der Waals surface area contributed by atoms with Crippen LogP contribution in [0.2, 0.25) is 0 Å². The number of amides is 2. The molecule has 2 amide bonds. The lowest BCUT2D eigenvalue weighted by Crippen LogP contribution is -2.57. The first-order valence-corrected chi connectivity index (χ1v) is 14.3. The van der Waals surface area contributed by atoms with Gasteiger partial charge in [0.05, 0.1) is 31.3 Å². The molecule has 1 heterocycles. The van der Waals surface area contributed by atoms with Crippen molar-refractivity contribution in [3.63, 3.8) is 0 Å². The van der Waals surface area contributed by atoms with E-state index in [1.807, 2.05) is 77.7 Å². The first-order valence-electron chi connectivity index (χ1n) is 14.3. The van der Waals surface area contributed by atoms with Crippen LogP contribution in [0.5, 0.6) is 0 Å². The summed E-state index contributed by atoms with van der Waals surface area (Å²) in [6.07, 6.45) is 1.67. The zero-order valence-electron chi connectivity index (χ0n) is 23.3. The Bertz CT molecular complexity index is 1240. The van der Waals surface area contributed by atoms with Crippen molar-refractivity contribution in [1.29, 1.82) is 0 Å². The van der Waals surface area contributed by atoms with Crippen molar-refractivity contribution in [2.75, 3.05) is 44.3 Å². The molecule has 1 aliphatic carbocycles. The first-order chi connectivity index (χ1) is 19.6. The van der Waals surface area contributed by atoms with Gasteiger partial charge in [0, 0.05) is 43.7 Å². The van der Waals surface area contributed by atoms with Crippen molar-refractivity contribution in [3.05, 3.63) is 102 Å². The number of anilines is 1. The van der Waals surface area contributed by atoms with E-state index in [-0.39, 0.29) is 29.6 Å². The van der Waals surface area contributed by atoms with E-state index >= 15 is 0 Å². The van der Waals surface area contributed by atoms with Crippen LogP contribution in [0, 0.1) is 11.8 Å². The number of morpholine rings is 1. The lowest BCUT2D eigenvalue weighted by Gasteiger charge is -2.52. The Kier molecular flexibility index (Phi) is 8.91. The Balaban J connectivity index is 1.40. The number of nitrogens with one attached hydrogen (secondary N) is 1. The molecule has 1 aliphatic heterocycles. The summed E-state index contributed by atoms with van der Waals surface area (Å²) in [7, 11) is 0. The predicted molar refractivity (Wildman–Crippen MR) is 158 cm³/mol. The molecule has 2 aliphatic rings. The smallest absolute Gasteiger partial charge is 0.244 e. The van der Waals surface area contributed by atoms with E-state index < -0.39 is 5.92 Å². The normalized spacial score (nSPS) is 22.5. The Labute approximate surface area is 236 Å². The molecule has 3 aromatic rings. The van der Waals surface area contributed by atoms with Crippen LogP contribution in [0.1, 0.15) is 42.4 Å². The number of carbonyl (C=O) groups is 2. The molecule has 3 aromatic carbocycles. The maximum atomic E-state index is 13.9. The van der Waals surface area contributed by atoms with Gasteiger partial charge in [0.1, 0.15) is 0 Å². The van der Waals surface area contributed by atoms with Gasteiger partial charge in [0.15, 0.2) is 0 Å². The second-order valence-electron chi connectivity index (χ2n) is 10.4. The zero-order chi connectivity index (χ0) is 27.9. The van der Waals surface area contributed by atoms with Gasteiger partial charge in [0.25, 0.3) is 0 Å². The molecule has 1 saturated carbocycles. The van der Waals surface area contributed by atoms with Crippen LogP contribution in [-0.2, 0) is 14.3 Å². The number of rotatable bonds is 9. The molecule has 7 heteroatoms. The van der Waals surface area contributed by atoms with Gasteiger partial charge < -0.3 is 14.5 Å². The Hall–Kier alpha value is -3.97. The number of ether oxygens (including phenoxy) is 1. The third-order valence-corrected chi connectivity index (χ3v) is 8.24. The number of hydrazone groups is 1. The van der Waals surface area contributed by atoms with Crippen LogP contribution in [-0.4, -0.2) is 62.3 Å². The Morgan fingerprint density at radius 2 is 1.40 bits per heavy atom. The minimum atomic E-state index is -0.429. The molecule has 0 bridgehead atoms. The maximum absolute atomic E-state index is 13.9. The van der Waals surface area contributed by atoms with Gasteiger partial charge in [0.2, 0.25) is 11.8 Å². The van der Waals surface area contributed by atoms with Crippen LogP contribution >= 0.6 is 0 Å². The largest absolute Gasteiger partial charge is 0.378 e. The molecule has 2 fully saturated rings. The van der Waals surface area contributed by atoms with Gasteiger partial charge in [-0.3, -0.25) is 9.59 Å². The van der Waals surface area contributed by atoms with Crippen molar-refractivity contribution >= 4 is 23.7 Å². The third kappa shape index (κ3) is 5.80. The minimum absolute atomic E-state index is 0.0897. The average Bonchev–Trinajstić information content (AvgIpc) is 2.99. The molecule has 1 saturated heterocycles. The molecule has 208 valence electrons. The quantitative estimate of drug-likeness (QED) is 0.318. The number of benzene rings is 3. The highest BCUT2D eigenvalue weighted by Gasteiger charge is 2.58. The highest BCUT2D eigenvalue weighted by atomic mass is 16.5.